The number of hydrogen-bond donors (Lipinski definition) is 6. The molecule has 15 heavy (non-hydrogen) atoms. The molecular weight excluding hydrogens is 256 g/mol. The van der Waals surface area contributed by atoms with Crippen LogP contribution in [0.15, 0.2) is 0 Å². The molecule has 0 heterocycles. The van der Waals surface area contributed by atoms with E-state index in [-0.39, 0.29) is 26.4 Å². The van der Waals surface area contributed by atoms with Crippen LogP contribution in [0.1, 0.15) is 6.42 Å². The molecule has 0 aliphatic rings. The third-order valence-electron chi connectivity index (χ3n) is 2.00. The topological polar surface area (TPSA) is 69.9 Å². The molecule has 3 N–H and O–H groups in total. The van der Waals surface area contributed by atoms with Crippen molar-refractivity contribution in [2.45, 2.75) is 9.83 Å². The lowest BCUT2D eigenvalue weighted by Crippen LogP contribution is -2.39. The van der Waals surface area contributed by atoms with Crippen molar-refractivity contribution in [3.63, 3.8) is 0 Å². The number of rotatable bonds is 8. The Hall–Kier alpha value is 0.890. The van der Waals surface area contributed by atoms with E-state index in [9.17, 15) is 0 Å². The Balaban J connectivity index is 3.82. The quantitative estimate of drug-likeness (QED) is 0.211. The van der Waals surface area contributed by atoms with Gasteiger partial charge < -0.3 is 20.1 Å². The lowest BCUT2D eigenvalue weighted by molar-refractivity contribution is -0.0577. The molecule has 0 rings (SSSR count). The van der Waals surface area contributed by atoms with Crippen LogP contribution in [-0.2, 0) is 4.74 Å². The highest BCUT2D eigenvalue weighted by atomic mass is 32.2. The molecular formula is C8H18O4S3. The Bertz CT molecular complexity index is 159. The maximum absolute atomic E-state index is 8.99. The van der Waals surface area contributed by atoms with E-state index in [1.807, 2.05) is 0 Å². The first-order valence-corrected chi connectivity index (χ1v) is 5.81. The van der Waals surface area contributed by atoms with E-state index < -0.39 is 8.83 Å². The minimum atomic E-state index is -0.980. The van der Waals surface area contributed by atoms with Gasteiger partial charge in [0.1, 0.15) is 3.41 Å². The van der Waals surface area contributed by atoms with Gasteiger partial charge in [-0.2, -0.15) is 37.9 Å². The Morgan fingerprint density at radius 1 is 0.933 bits per heavy atom. The number of ether oxygens (including phenoxy) is 1. The van der Waals surface area contributed by atoms with Gasteiger partial charge in [-0.05, 0) is 0 Å². The molecule has 0 spiro atoms. The molecule has 0 aliphatic heterocycles. The van der Waals surface area contributed by atoms with Gasteiger partial charge >= 0.3 is 0 Å². The van der Waals surface area contributed by atoms with Crippen LogP contribution in [0.5, 0.6) is 0 Å². The normalized spacial score (nSPS) is 13.2. The Morgan fingerprint density at radius 2 is 1.40 bits per heavy atom. The van der Waals surface area contributed by atoms with Crippen molar-refractivity contribution >= 4 is 37.9 Å². The summed E-state index contributed by atoms with van der Waals surface area (Å²) >= 11 is 12.2. The fourth-order valence-corrected chi connectivity index (χ4v) is 1.06. The standard InChI is InChI=1S/C8H18O4S3/c9-3-7(4-10,5-11)6-12-2-1-8(13,14)15/h9-11,13-15H,1-6H2. The average molecular weight is 274 g/mol. The first-order valence-electron chi connectivity index (χ1n) is 4.46. The largest absolute Gasteiger partial charge is 0.396 e. The van der Waals surface area contributed by atoms with Gasteiger partial charge in [0.05, 0.1) is 31.8 Å². The van der Waals surface area contributed by atoms with Crippen molar-refractivity contribution in [1.29, 1.82) is 0 Å². The highest BCUT2D eigenvalue weighted by Gasteiger charge is 2.28. The van der Waals surface area contributed by atoms with E-state index in [0.29, 0.717) is 13.0 Å². The fraction of sp³-hybridized carbons (Fsp3) is 1.00. The smallest absolute Gasteiger partial charge is 0.100 e. The van der Waals surface area contributed by atoms with Crippen LogP contribution < -0.4 is 0 Å². The Kier molecular flexibility index (Phi) is 7.69. The van der Waals surface area contributed by atoms with Crippen molar-refractivity contribution in [2.75, 3.05) is 33.0 Å². The molecule has 0 aromatic carbocycles. The van der Waals surface area contributed by atoms with Crippen molar-refractivity contribution in [3.05, 3.63) is 0 Å². The van der Waals surface area contributed by atoms with Gasteiger partial charge in [-0.15, -0.1) is 0 Å². The monoisotopic (exact) mass is 274 g/mol. The average Bonchev–Trinajstić information content (AvgIpc) is 2.18. The third-order valence-corrected chi connectivity index (χ3v) is 2.67. The Labute approximate surface area is 106 Å². The summed E-state index contributed by atoms with van der Waals surface area (Å²) in [5.74, 6) is 0. The van der Waals surface area contributed by atoms with Crippen LogP contribution in [0, 0.1) is 5.41 Å². The van der Waals surface area contributed by atoms with Gasteiger partial charge in [0.15, 0.2) is 0 Å². The predicted molar refractivity (Wildman–Crippen MR) is 68.8 cm³/mol. The highest BCUT2D eigenvalue weighted by Crippen LogP contribution is 2.28. The third kappa shape index (κ3) is 6.93. The summed E-state index contributed by atoms with van der Waals surface area (Å²) in [4.78, 5) is 0. The summed E-state index contributed by atoms with van der Waals surface area (Å²) in [7, 11) is 0. The van der Waals surface area contributed by atoms with Crippen LogP contribution in [0.4, 0.5) is 0 Å². The van der Waals surface area contributed by atoms with Gasteiger partial charge in [-0.25, -0.2) is 0 Å². The number of aliphatic hydroxyl groups is 3. The van der Waals surface area contributed by atoms with Gasteiger partial charge in [-0.1, -0.05) is 0 Å². The second-order valence-electron chi connectivity index (χ2n) is 3.55. The van der Waals surface area contributed by atoms with Crippen molar-refractivity contribution in [3.8, 4) is 0 Å². The zero-order valence-corrected chi connectivity index (χ0v) is 11.0. The zero-order valence-electron chi connectivity index (χ0n) is 8.33. The van der Waals surface area contributed by atoms with Crippen molar-refractivity contribution < 1.29 is 20.1 Å². The molecule has 0 aromatic rings. The minimum absolute atomic E-state index is 0.0852. The summed E-state index contributed by atoms with van der Waals surface area (Å²) in [6, 6.07) is 0. The van der Waals surface area contributed by atoms with Crippen molar-refractivity contribution in [2.24, 2.45) is 5.41 Å². The van der Waals surface area contributed by atoms with Gasteiger partial charge in [0, 0.05) is 13.0 Å². The van der Waals surface area contributed by atoms with Gasteiger partial charge in [0.25, 0.3) is 0 Å². The first kappa shape index (κ1) is 15.9. The molecule has 0 aromatic heterocycles. The van der Waals surface area contributed by atoms with E-state index in [4.69, 9.17) is 20.1 Å². The molecule has 0 radical (unpaired) electrons. The maximum Gasteiger partial charge on any atom is 0.100 e. The molecule has 0 unspecified atom stereocenters. The minimum Gasteiger partial charge on any atom is -0.396 e. The molecule has 0 amide bonds. The SMILES string of the molecule is OCC(CO)(CO)COCCC(S)(S)S. The second kappa shape index (κ2) is 7.26. The van der Waals surface area contributed by atoms with Crippen LogP contribution in [0.25, 0.3) is 0 Å². The molecule has 4 nitrogen and oxygen atoms in total. The lowest BCUT2D eigenvalue weighted by atomic mass is 9.93. The van der Waals surface area contributed by atoms with E-state index in [0.717, 1.165) is 0 Å². The molecule has 0 saturated heterocycles. The van der Waals surface area contributed by atoms with Gasteiger partial charge in [-0.3, -0.25) is 0 Å². The number of hydrogen-bond acceptors (Lipinski definition) is 7. The van der Waals surface area contributed by atoms with Crippen LogP contribution in [0.2, 0.25) is 0 Å². The van der Waals surface area contributed by atoms with E-state index in [1.165, 1.54) is 0 Å². The molecule has 0 aliphatic carbocycles. The zero-order chi connectivity index (χ0) is 11.9. The molecule has 92 valence electrons. The van der Waals surface area contributed by atoms with Gasteiger partial charge in [0.2, 0.25) is 0 Å². The predicted octanol–water partition coefficient (Wildman–Crippen LogP) is -0.200. The highest BCUT2D eigenvalue weighted by molar-refractivity contribution is 8.16. The summed E-state index contributed by atoms with van der Waals surface area (Å²) in [5, 5.41) is 27.0. The summed E-state index contributed by atoms with van der Waals surface area (Å²) in [6.45, 7) is -0.546. The molecule has 0 atom stereocenters. The number of aliphatic hydroxyl groups excluding tert-OH is 3. The molecule has 0 saturated carbocycles. The molecule has 0 bridgehead atoms. The molecule has 7 heteroatoms. The maximum atomic E-state index is 8.99. The van der Waals surface area contributed by atoms with Crippen LogP contribution in [-0.4, -0.2) is 51.8 Å². The van der Waals surface area contributed by atoms with Crippen LogP contribution >= 0.6 is 37.9 Å². The summed E-state index contributed by atoms with van der Waals surface area (Å²) < 4.78 is 4.51. The van der Waals surface area contributed by atoms with E-state index >= 15 is 0 Å². The van der Waals surface area contributed by atoms with Crippen LogP contribution in [0.3, 0.4) is 0 Å². The molecule has 0 fully saturated rings. The summed E-state index contributed by atoms with van der Waals surface area (Å²) in [5.41, 5.74) is -0.980. The summed E-state index contributed by atoms with van der Waals surface area (Å²) in [6.07, 6.45) is 0.501. The number of thiol groups is 3. The van der Waals surface area contributed by atoms with E-state index in [1.54, 1.807) is 0 Å². The Morgan fingerprint density at radius 3 is 1.73 bits per heavy atom. The fourth-order valence-electron chi connectivity index (χ4n) is 0.785. The lowest BCUT2D eigenvalue weighted by Gasteiger charge is -2.27. The van der Waals surface area contributed by atoms with Crippen molar-refractivity contribution in [1.82, 2.24) is 0 Å². The van der Waals surface area contributed by atoms with E-state index in [2.05, 4.69) is 37.9 Å². The second-order valence-corrected chi connectivity index (χ2v) is 6.90. The first-order chi connectivity index (χ1) is 6.89.